The lowest BCUT2D eigenvalue weighted by Crippen LogP contribution is -2.46. The van der Waals surface area contributed by atoms with E-state index in [4.69, 9.17) is 0 Å². The van der Waals surface area contributed by atoms with Gasteiger partial charge in [0.15, 0.2) is 5.78 Å². The van der Waals surface area contributed by atoms with Gasteiger partial charge < -0.3 is 5.11 Å². The van der Waals surface area contributed by atoms with Crippen molar-refractivity contribution in [3.63, 3.8) is 0 Å². The minimum absolute atomic E-state index is 0.220. The molecule has 0 amide bonds. The zero-order valence-electron chi connectivity index (χ0n) is 19.7. The summed E-state index contributed by atoms with van der Waals surface area (Å²) in [6.45, 7) is 13.3. The summed E-state index contributed by atoms with van der Waals surface area (Å²) in [5.74, 6) is 3.87. The number of hydrogen-bond donors (Lipinski definition) is 1. The largest absolute Gasteiger partial charge is 0.513 e. The van der Waals surface area contributed by atoms with Gasteiger partial charge in [-0.15, -0.1) is 0 Å². The average molecular weight is 411 g/mol. The van der Waals surface area contributed by atoms with Crippen molar-refractivity contribution in [2.45, 2.75) is 91.9 Å². The molecule has 0 radical (unpaired) electrons. The summed E-state index contributed by atoms with van der Waals surface area (Å²) >= 11 is 0. The molecule has 0 spiro atoms. The zero-order valence-corrected chi connectivity index (χ0v) is 19.7. The van der Waals surface area contributed by atoms with Crippen LogP contribution in [-0.4, -0.2) is 10.9 Å². The molecule has 3 unspecified atom stereocenters. The van der Waals surface area contributed by atoms with E-state index in [9.17, 15) is 9.90 Å². The highest BCUT2D eigenvalue weighted by Gasteiger charge is 2.56. The van der Waals surface area contributed by atoms with Crippen molar-refractivity contribution in [1.82, 2.24) is 0 Å². The molecule has 166 valence electrons. The van der Waals surface area contributed by atoms with E-state index in [1.165, 1.54) is 44.1 Å². The van der Waals surface area contributed by atoms with Crippen LogP contribution in [0.1, 0.15) is 91.9 Å². The number of hydrogen-bond acceptors (Lipinski definition) is 2. The fourth-order valence-corrected chi connectivity index (χ4v) is 7.95. The normalized spacial score (nSPS) is 39.9. The molecule has 0 aromatic heterocycles. The van der Waals surface area contributed by atoms with Gasteiger partial charge >= 0.3 is 0 Å². The molecule has 1 N–H and O–H groups in total. The van der Waals surface area contributed by atoms with Crippen molar-refractivity contribution in [3.8, 4) is 0 Å². The summed E-state index contributed by atoms with van der Waals surface area (Å²) in [5.41, 5.74) is 3.85. The second-order valence-electron chi connectivity index (χ2n) is 11.6. The molecule has 0 aromatic rings. The van der Waals surface area contributed by atoms with Crippen molar-refractivity contribution in [3.05, 3.63) is 35.6 Å². The maximum Gasteiger partial charge on any atom is 0.155 e. The Hall–Kier alpha value is -1.31. The number of aliphatic hydroxyl groups is 1. The molecule has 30 heavy (non-hydrogen) atoms. The van der Waals surface area contributed by atoms with E-state index in [1.54, 1.807) is 5.57 Å². The van der Waals surface area contributed by atoms with E-state index in [0.717, 1.165) is 43.4 Å². The number of carbonyl (C=O) groups excluding carboxylic acids is 1. The Morgan fingerprint density at radius 3 is 2.67 bits per heavy atom. The summed E-state index contributed by atoms with van der Waals surface area (Å²) in [4.78, 5) is 12.0. The van der Waals surface area contributed by atoms with Crippen LogP contribution in [0.5, 0.6) is 0 Å². The maximum atomic E-state index is 12.0. The summed E-state index contributed by atoms with van der Waals surface area (Å²) in [6.07, 6.45) is 16.2. The average Bonchev–Trinajstić information content (AvgIpc) is 3.05. The van der Waals surface area contributed by atoms with Gasteiger partial charge in [-0.1, -0.05) is 64.3 Å². The van der Waals surface area contributed by atoms with Gasteiger partial charge in [-0.25, -0.2) is 0 Å². The highest BCUT2D eigenvalue weighted by Crippen LogP contribution is 2.66. The maximum absolute atomic E-state index is 12.0. The Morgan fingerprint density at radius 1 is 1.17 bits per heavy atom. The first-order valence-electron chi connectivity index (χ1n) is 12.5. The van der Waals surface area contributed by atoms with Gasteiger partial charge in [0.05, 0.1) is 5.76 Å². The standard InChI is InChI=1S/C28H42O2/c1-18(20(3)29)7-6-8-19(2)24-11-12-25-23-10-9-21-17-22(30)13-15-27(21,4)26(23)14-16-28(24,25)5/h10,17-19,24-26,29H,3,6-9,11-16H2,1-2,4-5H3/t18-,19?,24+,25?,26?,27-,28+/m0/s1. The predicted molar refractivity (Wildman–Crippen MR) is 124 cm³/mol. The van der Waals surface area contributed by atoms with E-state index in [0.29, 0.717) is 22.9 Å². The van der Waals surface area contributed by atoms with Crippen LogP contribution in [0, 0.1) is 40.4 Å². The first kappa shape index (κ1) is 21.9. The van der Waals surface area contributed by atoms with Crippen LogP contribution < -0.4 is 0 Å². The third-order valence-corrected chi connectivity index (χ3v) is 10.0. The molecule has 2 heteroatoms. The van der Waals surface area contributed by atoms with E-state index in [1.807, 2.05) is 6.08 Å². The molecule has 4 aliphatic carbocycles. The van der Waals surface area contributed by atoms with E-state index >= 15 is 0 Å². The van der Waals surface area contributed by atoms with Gasteiger partial charge in [-0.3, -0.25) is 4.79 Å². The van der Waals surface area contributed by atoms with Crippen LogP contribution in [0.15, 0.2) is 35.6 Å². The van der Waals surface area contributed by atoms with Gasteiger partial charge in [-0.05, 0) is 85.5 Å². The summed E-state index contributed by atoms with van der Waals surface area (Å²) in [7, 11) is 0. The van der Waals surface area contributed by atoms with Gasteiger partial charge in [0.1, 0.15) is 0 Å². The zero-order chi connectivity index (χ0) is 21.7. The van der Waals surface area contributed by atoms with Crippen LogP contribution in [0.4, 0.5) is 0 Å². The molecule has 7 atom stereocenters. The molecule has 4 aliphatic rings. The van der Waals surface area contributed by atoms with Crippen molar-refractivity contribution in [1.29, 1.82) is 0 Å². The molecule has 2 fully saturated rings. The SMILES string of the molecule is C=C(O)[C@@H](C)CCCC(C)[C@H]1CCC2C3=CCC4=CC(=O)CC[C@]4(C)C3CC[C@@]21C. The molecular weight excluding hydrogens is 368 g/mol. The second-order valence-corrected chi connectivity index (χ2v) is 11.6. The van der Waals surface area contributed by atoms with Crippen molar-refractivity contribution in [2.24, 2.45) is 40.4 Å². The Balaban J connectivity index is 1.48. The summed E-state index contributed by atoms with van der Waals surface area (Å²) in [5, 5.41) is 9.60. The van der Waals surface area contributed by atoms with Gasteiger partial charge in [-0.2, -0.15) is 0 Å². The molecule has 0 aliphatic heterocycles. The number of allylic oxidation sites excluding steroid dienone is 5. The topological polar surface area (TPSA) is 37.3 Å². The lowest BCUT2D eigenvalue weighted by Gasteiger charge is -2.55. The molecule has 0 aromatic carbocycles. The molecule has 4 rings (SSSR count). The van der Waals surface area contributed by atoms with Gasteiger partial charge in [0.2, 0.25) is 0 Å². The fraction of sp³-hybridized carbons (Fsp3) is 0.750. The minimum Gasteiger partial charge on any atom is -0.513 e. The minimum atomic E-state index is 0.220. The fourth-order valence-electron chi connectivity index (χ4n) is 7.95. The molecule has 0 bridgehead atoms. The summed E-state index contributed by atoms with van der Waals surface area (Å²) < 4.78 is 0. The number of fused-ring (bicyclic) bond motifs is 5. The first-order chi connectivity index (χ1) is 14.2. The van der Waals surface area contributed by atoms with Crippen LogP contribution in [-0.2, 0) is 4.79 Å². The van der Waals surface area contributed by atoms with Crippen LogP contribution in [0.3, 0.4) is 0 Å². The Morgan fingerprint density at radius 2 is 1.93 bits per heavy atom. The lowest BCUT2D eigenvalue weighted by atomic mass is 9.50. The number of ketones is 1. The van der Waals surface area contributed by atoms with Crippen LogP contribution in [0.25, 0.3) is 0 Å². The Kier molecular flexibility index (Phi) is 5.83. The monoisotopic (exact) mass is 410 g/mol. The number of rotatable bonds is 6. The van der Waals surface area contributed by atoms with Crippen molar-refractivity contribution < 1.29 is 9.90 Å². The highest BCUT2D eigenvalue weighted by atomic mass is 16.3. The summed E-state index contributed by atoms with van der Waals surface area (Å²) in [6, 6.07) is 0. The van der Waals surface area contributed by atoms with Crippen LogP contribution in [0.2, 0.25) is 0 Å². The highest BCUT2D eigenvalue weighted by molar-refractivity contribution is 5.91. The van der Waals surface area contributed by atoms with E-state index in [2.05, 4.69) is 40.3 Å². The Labute approximate surface area is 183 Å². The quantitative estimate of drug-likeness (QED) is 0.362. The third kappa shape index (κ3) is 3.53. The smallest absolute Gasteiger partial charge is 0.155 e. The third-order valence-electron chi connectivity index (χ3n) is 10.0. The lowest BCUT2D eigenvalue weighted by molar-refractivity contribution is -0.116. The van der Waals surface area contributed by atoms with Crippen LogP contribution >= 0.6 is 0 Å². The number of carbonyl (C=O) groups is 1. The Bertz CT molecular complexity index is 774. The molecular formula is C28H42O2. The van der Waals surface area contributed by atoms with Crippen molar-refractivity contribution >= 4 is 5.78 Å². The van der Waals surface area contributed by atoms with Gasteiger partial charge in [0, 0.05) is 12.3 Å². The molecule has 0 saturated heterocycles. The van der Waals surface area contributed by atoms with E-state index < -0.39 is 0 Å². The van der Waals surface area contributed by atoms with Gasteiger partial charge in [0.25, 0.3) is 0 Å². The molecule has 2 saturated carbocycles. The first-order valence-corrected chi connectivity index (χ1v) is 12.5. The van der Waals surface area contributed by atoms with Crippen molar-refractivity contribution in [2.75, 3.05) is 0 Å². The van der Waals surface area contributed by atoms with E-state index in [-0.39, 0.29) is 11.3 Å². The molecule has 0 heterocycles. The predicted octanol–water partition coefficient (Wildman–Crippen LogP) is 7.57. The number of aliphatic hydroxyl groups excluding tert-OH is 1. The second kappa shape index (κ2) is 7.99. The molecule has 2 nitrogen and oxygen atoms in total.